The van der Waals surface area contributed by atoms with Crippen LogP contribution in [0.5, 0.6) is 0 Å². The number of anilines is 1. The van der Waals surface area contributed by atoms with Gasteiger partial charge in [-0.15, -0.1) is 0 Å². The van der Waals surface area contributed by atoms with Crippen LogP contribution in [0.15, 0.2) is 54.6 Å². The van der Waals surface area contributed by atoms with Crippen LogP contribution in [0.4, 0.5) is 5.69 Å². The van der Waals surface area contributed by atoms with E-state index in [9.17, 15) is 0 Å². The Morgan fingerprint density at radius 2 is 1.71 bits per heavy atom. The first-order valence-corrected chi connectivity index (χ1v) is 8.45. The molecule has 0 saturated carbocycles. The zero-order valence-corrected chi connectivity index (χ0v) is 14.8. The molecule has 2 aromatic carbocycles. The minimum atomic E-state index is -0.814. The largest absolute Gasteiger partial charge is 0.356 e. The quantitative estimate of drug-likeness (QED) is 0.794. The molecular weight excluding hydrogens is 326 g/mol. The maximum absolute atomic E-state index is 6.29. The highest BCUT2D eigenvalue weighted by Crippen LogP contribution is 2.38. The van der Waals surface area contributed by atoms with Crippen molar-refractivity contribution >= 4 is 17.3 Å². The number of rotatable bonds is 4. The smallest absolute Gasteiger partial charge is 0.196 e. The van der Waals surface area contributed by atoms with Crippen LogP contribution in [-0.2, 0) is 20.1 Å². The molecule has 1 heterocycles. The summed E-state index contributed by atoms with van der Waals surface area (Å²) in [4.78, 5) is 11.3. The lowest BCUT2D eigenvalue weighted by molar-refractivity contribution is -0.494. The van der Waals surface area contributed by atoms with Crippen molar-refractivity contribution in [3.8, 4) is 0 Å². The molecule has 0 radical (unpaired) electrons. The maximum Gasteiger partial charge on any atom is 0.196 e. The van der Waals surface area contributed by atoms with Gasteiger partial charge in [0.25, 0.3) is 0 Å². The van der Waals surface area contributed by atoms with E-state index >= 15 is 0 Å². The van der Waals surface area contributed by atoms with Crippen LogP contribution >= 0.6 is 11.6 Å². The van der Waals surface area contributed by atoms with Crippen molar-refractivity contribution in [2.75, 3.05) is 5.32 Å². The van der Waals surface area contributed by atoms with E-state index in [0.29, 0.717) is 5.02 Å². The molecule has 0 aliphatic carbocycles. The lowest BCUT2D eigenvalue weighted by atomic mass is 9.93. The second-order valence-corrected chi connectivity index (χ2v) is 6.81. The molecule has 0 aromatic heterocycles. The first kappa shape index (κ1) is 17.2. The average Bonchev–Trinajstić information content (AvgIpc) is 2.59. The van der Waals surface area contributed by atoms with Gasteiger partial charge >= 0.3 is 0 Å². The number of benzene rings is 2. The molecule has 128 valence electrons. The van der Waals surface area contributed by atoms with Gasteiger partial charge in [-0.2, -0.15) is 0 Å². The van der Waals surface area contributed by atoms with E-state index in [4.69, 9.17) is 26.1 Å². The normalized spacial score (nSPS) is 27.2. The standard InChI is InChI=1S/C19H22ClNO3/c1-13(2)17-22-18(21-16-12-8-7-11-15(16)20)19(3,24-23-17)14-9-5-4-6-10-14/h4-13,17-18,21H,1-3H3/t17-,18+,19-/m0/s1. The molecule has 0 amide bonds. The zero-order chi connectivity index (χ0) is 17.2. The molecule has 4 nitrogen and oxygen atoms in total. The first-order chi connectivity index (χ1) is 11.5. The highest BCUT2D eigenvalue weighted by molar-refractivity contribution is 6.33. The fourth-order valence-corrected chi connectivity index (χ4v) is 2.80. The van der Waals surface area contributed by atoms with Crippen LogP contribution in [0.3, 0.4) is 0 Å². The van der Waals surface area contributed by atoms with Gasteiger partial charge in [-0.25, -0.2) is 9.78 Å². The summed E-state index contributed by atoms with van der Waals surface area (Å²) in [5.74, 6) is 0.154. The molecule has 24 heavy (non-hydrogen) atoms. The number of hydrogen-bond acceptors (Lipinski definition) is 4. The lowest BCUT2D eigenvalue weighted by Gasteiger charge is -2.44. The Balaban J connectivity index is 1.93. The monoisotopic (exact) mass is 347 g/mol. The van der Waals surface area contributed by atoms with Crippen molar-refractivity contribution in [3.05, 3.63) is 65.2 Å². The topological polar surface area (TPSA) is 39.7 Å². The van der Waals surface area contributed by atoms with Gasteiger partial charge in [0.05, 0.1) is 10.7 Å². The Hall–Kier alpha value is -1.59. The number of para-hydroxylation sites is 1. The number of ether oxygens (including phenoxy) is 1. The van der Waals surface area contributed by atoms with Crippen LogP contribution in [0, 0.1) is 5.92 Å². The fraction of sp³-hybridized carbons (Fsp3) is 0.368. The second-order valence-electron chi connectivity index (χ2n) is 6.41. The maximum atomic E-state index is 6.29. The van der Waals surface area contributed by atoms with Gasteiger partial charge in [0.1, 0.15) is 0 Å². The van der Waals surface area contributed by atoms with E-state index in [1.165, 1.54) is 0 Å². The zero-order valence-electron chi connectivity index (χ0n) is 14.0. The van der Waals surface area contributed by atoms with Crippen molar-refractivity contribution in [3.63, 3.8) is 0 Å². The van der Waals surface area contributed by atoms with Gasteiger partial charge < -0.3 is 10.1 Å². The van der Waals surface area contributed by atoms with Crippen molar-refractivity contribution in [1.29, 1.82) is 0 Å². The van der Waals surface area contributed by atoms with Crippen molar-refractivity contribution in [1.82, 2.24) is 0 Å². The third kappa shape index (κ3) is 3.42. The highest BCUT2D eigenvalue weighted by Gasteiger charge is 2.46. The summed E-state index contributed by atoms with van der Waals surface area (Å²) < 4.78 is 6.16. The molecule has 1 aliphatic rings. The summed E-state index contributed by atoms with van der Waals surface area (Å²) in [7, 11) is 0. The van der Waals surface area contributed by atoms with E-state index in [0.717, 1.165) is 11.3 Å². The SMILES string of the molecule is CC(C)[C@@H]1OO[C@@](C)(c2ccccc2)[C@H](Nc2ccccc2Cl)O1. The van der Waals surface area contributed by atoms with Gasteiger partial charge in [0.2, 0.25) is 0 Å². The van der Waals surface area contributed by atoms with E-state index in [-0.39, 0.29) is 5.92 Å². The van der Waals surface area contributed by atoms with E-state index in [2.05, 4.69) is 5.32 Å². The van der Waals surface area contributed by atoms with Gasteiger partial charge in [0.15, 0.2) is 18.1 Å². The molecule has 0 bridgehead atoms. The summed E-state index contributed by atoms with van der Waals surface area (Å²) in [6.07, 6.45) is -0.914. The average molecular weight is 348 g/mol. The van der Waals surface area contributed by atoms with Gasteiger partial charge in [0, 0.05) is 5.92 Å². The molecule has 3 rings (SSSR count). The van der Waals surface area contributed by atoms with Crippen LogP contribution in [-0.4, -0.2) is 12.5 Å². The van der Waals surface area contributed by atoms with Crippen LogP contribution in [0.25, 0.3) is 0 Å². The summed E-state index contributed by atoms with van der Waals surface area (Å²) in [6, 6.07) is 17.4. The second kappa shape index (κ2) is 7.11. The summed E-state index contributed by atoms with van der Waals surface area (Å²) in [5, 5.41) is 3.99. The van der Waals surface area contributed by atoms with Gasteiger partial charge in [-0.3, -0.25) is 0 Å². The summed E-state index contributed by atoms with van der Waals surface area (Å²) in [5.41, 5.74) is 0.933. The lowest BCUT2D eigenvalue weighted by Crippen LogP contribution is -2.53. The third-order valence-corrected chi connectivity index (χ3v) is 4.47. The number of nitrogens with one attached hydrogen (secondary N) is 1. The number of hydrogen-bond donors (Lipinski definition) is 1. The molecule has 1 N–H and O–H groups in total. The molecule has 3 atom stereocenters. The van der Waals surface area contributed by atoms with Crippen LogP contribution < -0.4 is 5.32 Å². The van der Waals surface area contributed by atoms with Crippen LogP contribution in [0.1, 0.15) is 26.3 Å². The van der Waals surface area contributed by atoms with Crippen molar-refractivity contribution in [2.24, 2.45) is 5.92 Å². The van der Waals surface area contributed by atoms with E-state index in [1.54, 1.807) is 0 Å². The molecule has 5 heteroatoms. The van der Waals surface area contributed by atoms with Gasteiger partial charge in [-0.1, -0.05) is 67.9 Å². The predicted molar refractivity (Wildman–Crippen MR) is 94.5 cm³/mol. The minimum absolute atomic E-state index is 0.154. The predicted octanol–water partition coefficient (Wildman–Crippen LogP) is 4.95. The Morgan fingerprint density at radius 1 is 1.04 bits per heavy atom. The molecule has 2 aromatic rings. The van der Waals surface area contributed by atoms with Crippen LogP contribution in [0.2, 0.25) is 5.02 Å². The van der Waals surface area contributed by atoms with Gasteiger partial charge in [-0.05, 0) is 24.6 Å². The minimum Gasteiger partial charge on any atom is -0.356 e. The summed E-state index contributed by atoms with van der Waals surface area (Å²) >= 11 is 6.29. The molecule has 0 unspecified atom stereocenters. The molecule has 1 fully saturated rings. The Bertz CT molecular complexity index is 679. The van der Waals surface area contributed by atoms with E-state index < -0.39 is 18.1 Å². The third-order valence-electron chi connectivity index (χ3n) is 4.14. The number of halogens is 1. The first-order valence-electron chi connectivity index (χ1n) is 8.07. The Morgan fingerprint density at radius 3 is 2.38 bits per heavy atom. The molecule has 1 saturated heterocycles. The van der Waals surface area contributed by atoms with Crippen molar-refractivity contribution in [2.45, 2.75) is 38.9 Å². The van der Waals surface area contributed by atoms with E-state index in [1.807, 2.05) is 75.4 Å². The molecule has 1 aliphatic heterocycles. The highest BCUT2D eigenvalue weighted by atomic mass is 35.5. The Labute approximate surface area is 147 Å². The molecule has 0 spiro atoms. The van der Waals surface area contributed by atoms with Crippen molar-refractivity contribution < 1.29 is 14.5 Å². The fourth-order valence-electron chi connectivity index (χ4n) is 2.61. The summed E-state index contributed by atoms with van der Waals surface area (Å²) in [6.45, 7) is 5.98. The molecular formula is C19H22ClNO3. The Kier molecular flexibility index (Phi) is 5.11.